The van der Waals surface area contributed by atoms with Crippen molar-refractivity contribution in [1.82, 2.24) is 9.97 Å². The third-order valence-corrected chi connectivity index (χ3v) is 3.18. The number of nitro groups is 1. The number of ether oxygens (including phenoxy) is 2. The molecule has 0 bridgehead atoms. The number of hydrogen-bond donors (Lipinski definition) is 1. The van der Waals surface area contributed by atoms with Gasteiger partial charge in [-0.05, 0) is 37.1 Å². The Morgan fingerprint density at radius 3 is 2.54 bits per heavy atom. The van der Waals surface area contributed by atoms with Crippen LogP contribution in [0, 0.1) is 16.0 Å². The Kier molecular flexibility index (Phi) is 6.42. The number of hydrogen-bond acceptors (Lipinski definition) is 8. The van der Waals surface area contributed by atoms with E-state index >= 15 is 0 Å². The summed E-state index contributed by atoms with van der Waals surface area (Å²) in [4.78, 5) is 30.3. The van der Waals surface area contributed by atoms with Crippen molar-refractivity contribution in [2.24, 2.45) is 5.92 Å². The Morgan fingerprint density at radius 2 is 1.96 bits per heavy atom. The molecule has 0 aliphatic heterocycles. The number of aromatic nitrogens is 2. The SMILES string of the molecule is CCOc1ncnc(Nc2ccc(C(=O)OCC(C)C)cc2)c1[N+](=O)[O-]. The van der Waals surface area contributed by atoms with Crippen molar-refractivity contribution in [2.75, 3.05) is 18.5 Å². The lowest BCUT2D eigenvalue weighted by molar-refractivity contribution is -0.385. The van der Waals surface area contributed by atoms with E-state index in [9.17, 15) is 14.9 Å². The number of rotatable bonds is 8. The number of esters is 1. The molecule has 0 aliphatic carbocycles. The number of nitrogens with one attached hydrogen (secondary N) is 1. The van der Waals surface area contributed by atoms with Crippen molar-refractivity contribution in [3.8, 4) is 5.88 Å². The largest absolute Gasteiger partial charge is 0.473 e. The van der Waals surface area contributed by atoms with Crippen molar-refractivity contribution in [1.29, 1.82) is 0 Å². The Morgan fingerprint density at radius 1 is 1.27 bits per heavy atom. The van der Waals surface area contributed by atoms with Crippen LogP contribution in [0.25, 0.3) is 0 Å². The van der Waals surface area contributed by atoms with Crippen LogP contribution < -0.4 is 10.1 Å². The number of carbonyl (C=O) groups excluding carboxylic acids is 1. The summed E-state index contributed by atoms with van der Waals surface area (Å²) >= 11 is 0. The Balaban J connectivity index is 2.18. The molecule has 0 atom stereocenters. The van der Waals surface area contributed by atoms with E-state index in [1.165, 1.54) is 6.33 Å². The quantitative estimate of drug-likeness (QED) is 0.433. The van der Waals surface area contributed by atoms with Gasteiger partial charge in [-0.25, -0.2) is 9.78 Å². The minimum Gasteiger partial charge on any atom is -0.473 e. The van der Waals surface area contributed by atoms with E-state index in [0.717, 1.165) is 0 Å². The van der Waals surface area contributed by atoms with Crippen molar-refractivity contribution in [3.05, 3.63) is 46.3 Å². The molecule has 0 unspecified atom stereocenters. The number of carbonyl (C=O) groups is 1. The van der Waals surface area contributed by atoms with E-state index in [1.807, 2.05) is 13.8 Å². The number of anilines is 2. The third kappa shape index (κ3) is 4.88. The summed E-state index contributed by atoms with van der Waals surface area (Å²) < 4.78 is 10.3. The molecule has 1 aromatic heterocycles. The highest BCUT2D eigenvalue weighted by molar-refractivity contribution is 5.90. The average molecular weight is 360 g/mol. The molecule has 0 spiro atoms. The molecule has 1 N–H and O–H groups in total. The molecule has 2 rings (SSSR count). The predicted molar refractivity (Wildman–Crippen MR) is 94.7 cm³/mol. The predicted octanol–water partition coefficient (Wildman–Crippen LogP) is 3.34. The molecule has 0 saturated carbocycles. The van der Waals surface area contributed by atoms with Crippen LogP contribution in [-0.2, 0) is 4.74 Å². The number of benzene rings is 1. The zero-order valence-electron chi connectivity index (χ0n) is 14.8. The smallest absolute Gasteiger partial charge is 0.373 e. The first-order valence-corrected chi connectivity index (χ1v) is 8.08. The zero-order valence-corrected chi connectivity index (χ0v) is 14.8. The van der Waals surface area contributed by atoms with Crippen LogP contribution in [0.5, 0.6) is 5.88 Å². The van der Waals surface area contributed by atoms with Crippen molar-refractivity contribution >= 4 is 23.2 Å². The van der Waals surface area contributed by atoms with E-state index in [4.69, 9.17) is 9.47 Å². The summed E-state index contributed by atoms with van der Waals surface area (Å²) in [6, 6.07) is 6.36. The zero-order chi connectivity index (χ0) is 19.1. The van der Waals surface area contributed by atoms with Gasteiger partial charge in [-0.1, -0.05) is 13.8 Å². The molecular formula is C17H20N4O5. The highest BCUT2D eigenvalue weighted by Gasteiger charge is 2.24. The van der Waals surface area contributed by atoms with E-state index < -0.39 is 10.9 Å². The molecular weight excluding hydrogens is 340 g/mol. The van der Waals surface area contributed by atoms with Gasteiger partial charge in [0.15, 0.2) is 0 Å². The average Bonchev–Trinajstić information content (AvgIpc) is 2.60. The Labute approximate surface area is 150 Å². The molecule has 26 heavy (non-hydrogen) atoms. The fraction of sp³-hybridized carbons (Fsp3) is 0.353. The summed E-state index contributed by atoms with van der Waals surface area (Å²) in [6.07, 6.45) is 1.18. The van der Waals surface area contributed by atoms with Gasteiger partial charge in [0.2, 0.25) is 5.82 Å². The molecule has 138 valence electrons. The van der Waals surface area contributed by atoms with E-state index in [-0.39, 0.29) is 29.9 Å². The van der Waals surface area contributed by atoms with Crippen LogP contribution in [0.4, 0.5) is 17.2 Å². The summed E-state index contributed by atoms with van der Waals surface area (Å²) in [7, 11) is 0. The normalized spacial score (nSPS) is 10.5. The van der Waals surface area contributed by atoms with Crippen molar-refractivity contribution in [3.63, 3.8) is 0 Å². The molecule has 0 aliphatic rings. The van der Waals surface area contributed by atoms with Crippen molar-refractivity contribution < 1.29 is 19.2 Å². The van der Waals surface area contributed by atoms with Crippen LogP contribution in [0.3, 0.4) is 0 Å². The van der Waals surface area contributed by atoms with Crippen LogP contribution in [0.15, 0.2) is 30.6 Å². The van der Waals surface area contributed by atoms with Gasteiger partial charge in [-0.2, -0.15) is 4.98 Å². The third-order valence-electron chi connectivity index (χ3n) is 3.18. The lowest BCUT2D eigenvalue weighted by Crippen LogP contribution is -2.10. The maximum absolute atomic E-state index is 11.9. The molecule has 0 radical (unpaired) electrons. The van der Waals surface area contributed by atoms with Gasteiger partial charge in [-0.15, -0.1) is 0 Å². The van der Waals surface area contributed by atoms with Gasteiger partial charge in [0.1, 0.15) is 6.33 Å². The molecule has 1 aromatic carbocycles. The second kappa shape index (κ2) is 8.75. The highest BCUT2D eigenvalue weighted by atomic mass is 16.6. The minimum atomic E-state index is -0.606. The second-order valence-corrected chi connectivity index (χ2v) is 5.76. The van der Waals surface area contributed by atoms with E-state index in [1.54, 1.807) is 31.2 Å². The lowest BCUT2D eigenvalue weighted by atomic mass is 10.2. The first-order valence-electron chi connectivity index (χ1n) is 8.08. The van der Waals surface area contributed by atoms with Gasteiger partial charge in [0, 0.05) is 5.69 Å². The first-order chi connectivity index (χ1) is 12.4. The topological polar surface area (TPSA) is 116 Å². The molecule has 2 aromatic rings. The van der Waals surface area contributed by atoms with Crippen LogP contribution >= 0.6 is 0 Å². The maximum atomic E-state index is 11.9. The van der Waals surface area contributed by atoms with Gasteiger partial charge in [0.25, 0.3) is 5.88 Å². The molecule has 0 fully saturated rings. The molecule has 9 nitrogen and oxygen atoms in total. The number of nitrogens with zero attached hydrogens (tertiary/aromatic N) is 3. The van der Waals surface area contributed by atoms with Gasteiger partial charge >= 0.3 is 11.7 Å². The fourth-order valence-corrected chi connectivity index (χ4v) is 2.01. The molecule has 1 heterocycles. The molecule has 9 heteroatoms. The monoisotopic (exact) mass is 360 g/mol. The second-order valence-electron chi connectivity index (χ2n) is 5.76. The summed E-state index contributed by atoms with van der Waals surface area (Å²) in [5, 5.41) is 14.2. The molecule has 0 saturated heterocycles. The highest BCUT2D eigenvalue weighted by Crippen LogP contribution is 2.32. The van der Waals surface area contributed by atoms with Crippen LogP contribution in [0.2, 0.25) is 0 Å². The van der Waals surface area contributed by atoms with Gasteiger partial charge in [-0.3, -0.25) is 10.1 Å². The van der Waals surface area contributed by atoms with Gasteiger partial charge in [0.05, 0.1) is 23.7 Å². The van der Waals surface area contributed by atoms with Crippen LogP contribution in [-0.4, -0.2) is 34.1 Å². The summed E-state index contributed by atoms with van der Waals surface area (Å²) in [5.74, 6) is -0.276. The Hall–Kier alpha value is -3.23. The molecule has 0 amide bonds. The van der Waals surface area contributed by atoms with E-state index in [2.05, 4.69) is 15.3 Å². The summed E-state index contributed by atoms with van der Waals surface area (Å²) in [6.45, 7) is 6.18. The van der Waals surface area contributed by atoms with Gasteiger partial charge < -0.3 is 14.8 Å². The first kappa shape index (κ1) is 19.1. The fourth-order valence-electron chi connectivity index (χ4n) is 2.01. The lowest BCUT2D eigenvalue weighted by Gasteiger charge is -2.10. The summed E-state index contributed by atoms with van der Waals surface area (Å²) in [5.41, 5.74) is 0.563. The Bertz CT molecular complexity index is 777. The van der Waals surface area contributed by atoms with Crippen molar-refractivity contribution in [2.45, 2.75) is 20.8 Å². The maximum Gasteiger partial charge on any atom is 0.373 e. The standard InChI is InChI=1S/C17H20N4O5/c1-4-25-16-14(21(23)24)15(18-10-19-16)20-13-7-5-12(6-8-13)17(22)26-9-11(2)3/h5-8,10-11H,4,9H2,1-3H3,(H,18,19,20). The minimum absolute atomic E-state index is 0.00332. The van der Waals surface area contributed by atoms with Crippen LogP contribution in [0.1, 0.15) is 31.1 Å². The van der Waals surface area contributed by atoms with E-state index in [0.29, 0.717) is 17.9 Å².